The molecule has 0 bridgehead atoms. The van der Waals surface area contributed by atoms with E-state index in [-0.39, 0.29) is 5.91 Å². The number of methoxy groups -OCH3 is 1. The molecule has 27 heavy (non-hydrogen) atoms. The molecule has 0 aliphatic heterocycles. The molecule has 3 aromatic rings. The fraction of sp³-hybridized carbons (Fsp3) is 0.261. The predicted molar refractivity (Wildman–Crippen MR) is 108 cm³/mol. The molecule has 0 aliphatic carbocycles. The Morgan fingerprint density at radius 2 is 1.67 bits per heavy atom. The van der Waals surface area contributed by atoms with Crippen LogP contribution in [0.1, 0.15) is 18.9 Å². The number of amides is 1. The number of ether oxygens (including phenoxy) is 2. The SMILES string of the molecule is CC[C@@H](Oc1ccc2ccccc2c1)C(=O)NCCc1ccc(OC)cc1. The van der Waals surface area contributed by atoms with Gasteiger partial charge in [-0.3, -0.25) is 4.79 Å². The van der Waals surface area contributed by atoms with Crippen LogP contribution in [0.15, 0.2) is 66.7 Å². The fourth-order valence-electron chi connectivity index (χ4n) is 2.96. The third kappa shape index (κ3) is 5.00. The molecule has 0 saturated carbocycles. The van der Waals surface area contributed by atoms with E-state index in [4.69, 9.17) is 9.47 Å². The summed E-state index contributed by atoms with van der Waals surface area (Å²) in [6.07, 6.45) is 0.880. The van der Waals surface area contributed by atoms with E-state index in [9.17, 15) is 4.79 Å². The van der Waals surface area contributed by atoms with Gasteiger partial charge in [0, 0.05) is 6.54 Å². The van der Waals surface area contributed by atoms with Crippen LogP contribution < -0.4 is 14.8 Å². The molecule has 0 aromatic heterocycles. The Balaban J connectivity index is 1.54. The van der Waals surface area contributed by atoms with E-state index in [1.165, 1.54) is 0 Å². The predicted octanol–water partition coefficient (Wildman–Crippen LogP) is 4.36. The summed E-state index contributed by atoms with van der Waals surface area (Å²) in [5.41, 5.74) is 1.15. The first-order valence-electron chi connectivity index (χ1n) is 9.25. The minimum Gasteiger partial charge on any atom is -0.497 e. The first-order valence-corrected chi connectivity index (χ1v) is 9.25. The first kappa shape index (κ1) is 18.8. The molecule has 4 nitrogen and oxygen atoms in total. The number of rotatable bonds is 8. The number of carbonyl (C=O) groups excluding carboxylic acids is 1. The van der Waals surface area contributed by atoms with Gasteiger partial charge in [-0.05, 0) is 53.4 Å². The number of fused-ring (bicyclic) bond motifs is 1. The van der Waals surface area contributed by atoms with E-state index >= 15 is 0 Å². The molecule has 4 heteroatoms. The van der Waals surface area contributed by atoms with Crippen LogP contribution in [0.4, 0.5) is 0 Å². The molecule has 3 rings (SSSR count). The molecule has 0 unspecified atom stereocenters. The molecule has 1 N–H and O–H groups in total. The number of hydrogen-bond donors (Lipinski definition) is 1. The van der Waals surface area contributed by atoms with E-state index in [1.807, 2.05) is 67.6 Å². The van der Waals surface area contributed by atoms with Crippen LogP contribution in [0.5, 0.6) is 11.5 Å². The van der Waals surface area contributed by atoms with Crippen molar-refractivity contribution < 1.29 is 14.3 Å². The molecule has 0 heterocycles. The topological polar surface area (TPSA) is 47.6 Å². The average molecular weight is 363 g/mol. The van der Waals surface area contributed by atoms with Gasteiger partial charge < -0.3 is 14.8 Å². The van der Waals surface area contributed by atoms with Crippen LogP contribution >= 0.6 is 0 Å². The van der Waals surface area contributed by atoms with Crippen LogP contribution in [-0.2, 0) is 11.2 Å². The highest BCUT2D eigenvalue weighted by molar-refractivity contribution is 5.84. The van der Waals surface area contributed by atoms with Crippen LogP contribution in [0.3, 0.4) is 0 Å². The number of nitrogens with one attached hydrogen (secondary N) is 1. The Morgan fingerprint density at radius 1 is 0.963 bits per heavy atom. The zero-order valence-electron chi connectivity index (χ0n) is 15.8. The van der Waals surface area contributed by atoms with E-state index in [0.29, 0.717) is 18.7 Å². The molecule has 0 aliphatic rings. The Kier molecular flexibility index (Phi) is 6.31. The van der Waals surface area contributed by atoms with Gasteiger partial charge in [-0.2, -0.15) is 0 Å². The molecule has 0 radical (unpaired) electrons. The van der Waals surface area contributed by atoms with Crippen LogP contribution in [0, 0.1) is 0 Å². The number of carbonyl (C=O) groups is 1. The first-order chi connectivity index (χ1) is 13.2. The lowest BCUT2D eigenvalue weighted by atomic mass is 10.1. The van der Waals surface area contributed by atoms with Gasteiger partial charge in [-0.15, -0.1) is 0 Å². The average Bonchev–Trinajstić information content (AvgIpc) is 2.72. The van der Waals surface area contributed by atoms with Gasteiger partial charge in [0.15, 0.2) is 6.10 Å². The van der Waals surface area contributed by atoms with Crippen molar-refractivity contribution in [2.24, 2.45) is 0 Å². The van der Waals surface area contributed by atoms with Gasteiger partial charge in [0.05, 0.1) is 7.11 Å². The van der Waals surface area contributed by atoms with Crippen LogP contribution in [0.25, 0.3) is 10.8 Å². The molecule has 1 atom stereocenters. The maximum Gasteiger partial charge on any atom is 0.261 e. The zero-order valence-corrected chi connectivity index (χ0v) is 15.8. The Morgan fingerprint density at radius 3 is 2.37 bits per heavy atom. The third-order valence-corrected chi connectivity index (χ3v) is 4.53. The standard InChI is InChI=1S/C23H25NO3/c1-3-22(27-21-13-10-18-6-4-5-7-19(18)16-21)23(25)24-15-14-17-8-11-20(26-2)12-9-17/h4-13,16,22H,3,14-15H2,1-2H3,(H,24,25)/t22-/m1/s1. The lowest BCUT2D eigenvalue weighted by molar-refractivity contribution is -0.128. The Labute approximate surface area is 160 Å². The molecule has 0 fully saturated rings. The molecular formula is C23H25NO3. The van der Waals surface area contributed by atoms with Crippen LogP contribution in [-0.4, -0.2) is 25.7 Å². The second-order valence-corrected chi connectivity index (χ2v) is 6.41. The highest BCUT2D eigenvalue weighted by Crippen LogP contribution is 2.22. The second-order valence-electron chi connectivity index (χ2n) is 6.41. The molecule has 140 valence electrons. The summed E-state index contributed by atoms with van der Waals surface area (Å²) in [7, 11) is 1.65. The van der Waals surface area contributed by atoms with Crippen molar-refractivity contribution in [2.75, 3.05) is 13.7 Å². The van der Waals surface area contributed by atoms with Crippen molar-refractivity contribution in [1.29, 1.82) is 0 Å². The summed E-state index contributed by atoms with van der Waals surface area (Å²) in [6, 6.07) is 21.9. The van der Waals surface area contributed by atoms with E-state index in [2.05, 4.69) is 11.4 Å². The fourth-order valence-corrected chi connectivity index (χ4v) is 2.96. The summed E-state index contributed by atoms with van der Waals surface area (Å²) >= 11 is 0. The molecule has 0 saturated heterocycles. The maximum absolute atomic E-state index is 12.5. The summed E-state index contributed by atoms with van der Waals surface area (Å²) < 4.78 is 11.1. The van der Waals surface area contributed by atoms with Crippen molar-refractivity contribution in [3.8, 4) is 11.5 Å². The van der Waals surface area contributed by atoms with Gasteiger partial charge in [-0.25, -0.2) is 0 Å². The number of hydrogen-bond acceptors (Lipinski definition) is 3. The normalized spacial score (nSPS) is 11.8. The highest BCUT2D eigenvalue weighted by atomic mass is 16.5. The van der Waals surface area contributed by atoms with Crippen molar-refractivity contribution in [1.82, 2.24) is 5.32 Å². The second kappa shape index (κ2) is 9.08. The minimum atomic E-state index is -0.498. The summed E-state index contributed by atoms with van der Waals surface area (Å²) in [5, 5.41) is 5.23. The van der Waals surface area contributed by atoms with E-state index in [0.717, 1.165) is 28.5 Å². The zero-order chi connectivity index (χ0) is 19.1. The van der Waals surface area contributed by atoms with Gasteiger partial charge in [0.25, 0.3) is 5.91 Å². The monoisotopic (exact) mass is 363 g/mol. The molecule has 3 aromatic carbocycles. The van der Waals surface area contributed by atoms with E-state index in [1.54, 1.807) is 7.11 Å². The largest absolute Gasteiger partial charge is 0.497 e. The minimum absolute atomic E-state index is 0.0841. The summed E-state index contributed by atoms with van der Waals surface area (Å²) in [4.78, 5) is 12.5. The quantitative estimate of drug-likeness (QED) is 0.647. The smallest absolute Gasteiger partial charge is 0.261 e. The van der Waals surface area contributed by atoms with Gasteiger partial charge in [-0.1, -0.05) is 49.4 Å². The highest BCUT2D eigenvalue weighted by Gasteiger charge is 2.18. The van der Waals surface area contributed by atoms with Crippen molar-refractivity contribution in [2.45, 2.75) is 25.9 Å². The summed E-state index contributed by atoms with van der Waals surface area (Å²) in [6.45, 7) is 2.53. The Hall–Kier alpha value is -3.01. The molecular weight excluding hydrogens is 338 g/mol. The van der Waals surface area contributed by atoms with Crippen LogP contribution in [0.2, 0.25) is 0 Å². The van der Waals surface area contributed by atoms with Crippen molar-refractivity contribution >= 4 is 16.7 Å². The van der Waals surface area contributed by atoms with Gasteiger partial charge in [0.2, 0.25) is 0 Å². The van der Waals surface area contributed by atoms with Crippen molar-refractivity contribution in [3.05, 3.63) is 72.3 Å². The van der Waals surface area contributed by atoms with Crippen molar-refractivity contribution in [3.63, 3.8) is 0 Å². The third-order valence-electron chi connectivity index (χ3n) is 4.53. The van der Waals surface area contributed by atoms with Gasteiger partial charge in [0.1, 0.15) is 11.5 Å². The summed E-state index contributed by atoms with van der Waals surface area (Å²) in [5.74, 6) is 1.46. The number of benzene rings is 3. The maximum atomic E-state index is 12.5. The molecule has 0 spiro atoms. The molecule has 1 amide bonds. The lowest BCUT2D eigenvalue weighted by Gasteiger charge is -2.17. The Bertz CT molecular complexity index is 890. The van der Waals surface area contributed by atoms with E-state index < -0.39 is 6.10 Å². The van der Waals surface area contributed by atoms with Gasteiger partial charge >= 0.3 is 0 Å². The lowest BCUT2D eigenvalue weighted by Crippen LogP contribution is -2.38.